The predicted molar refractivity (Wildman–Crippen MR) is 119 cm³/mol. The Hall–Kier alpha value is -2.50. The Morgan fingerprint density at radius 2 is 1.80 bits per heavy atom. The highest BCUT2D eigenvalue weighted by Crippen LogP contribution is 2.42. The minimum absolute atomic E-state index is 0.181. The molecule has 1 aliphatic carbocycles. The Labute approximate surface area is 201 Å². The fourth-order valence-corrected chi connectivity index (χ4v) is 6.76. The SMILES string of the molecule is Cc1cc(-c2ccc(S(=O)(=O)[C@H]3C[C@@H](OC4CCOCC4)[C@H](C(=O)O)C3)c(C(F)(F)F)c2)ccn1. The normalized spacial score (nSPS) is 23.9. The van der Waals surface area contributed by atoms with Crippen LogP contribution in [0.1, 0.15) is 36.9 Å². The van der Waals surface area contributed by atoms with E-state index in [1.54, 1.807) is 19.1 Å². The van der Waals surface area contributed by atoms with E-state index in [0.29, 0.717) is 37.3 Å². The average Bonchev–Trinajstić information content (AvgIpc) is 3.24. The van der Waals surface area contributed by atoms with Crippen LogP contribution in [0, 0.1) is 12.8 Å². The summed E-state index contributed by atoms with van der Waals surface area (Å²) in [5, 5.41) is 8.35. The van der Waals surface area contributed by atoms with Crippen LogP contribution in [0.25, 0.3) is 11.1 Å². The fraction of sp³-hybridized carbons (Fsp3) is 0.500. The molecule has 2 aliphatic rings. The van der Waals surface area contributed by atoms with E-state index in [1.807, 2.05) is 0 Å². The zero-order valence-corrected chi connectivity index (χ0v) is 19.8. The smallest absolute Gasteiger partial charge is 0.417 e. The molecule has 7 nitrogen and oxygen atoms in total. The molecule has 4 rings (SSSR count). The zero-order chi connectivity index (χ0) is 25.4. The van der Waals surface area contributed by atoms with E-state index in [0.717, 1.165) is 12.1 Å². The molecular formula is C24H26F3NO6S. The number of hydrogen-bond acceptors (Lipinski definition) is 6. The third kappa shape index (κ3) is 5.52. The Morgan fingerprint density at radius 3 is 2.43 bits per heavy atom. The molecule has 1 aromatic carbocycles. The molecule has 1 aromatic heterocycles. The summed E-state index contributed by atoms with van der Waals surface area (Å²) in [5.41, 5.74) is 0.0140. The summed E-state index contributed by atoms with van der Waals surface area (Å²) in [7, 11) is -4.50. The molecule has 11 heteroatoms. The van der Waals surface area contributed by atoms with Crippen LogP contribution < -0.4 is 0 Å². The minimum Gasteiger partial charge on any atom is -0.481 e. The molecule has 3 atom stereocenters. The van der Waals surface area contributed by atoms with E-state index in [9.17, 15) is 31.5 Å². The van der Waals surface area contributed by atoms with Crippen LogP contribution >= 0.6 is 0 Å². The number of benzene rings is 1. The van der Waals surface area contributed by atoms with Crippen LogP contribution in [0.2, 0.25) is 0 Å². The van der Waals surface area contributed by atoms with Crippen molar-refractivity contribution in [1.29, 1.82) is 0 Å². The first-order valence-corrected chi connectivity index (χ1v) is 12.9. The second kappa shape index (κ2) is 9.87. The van der Waals surface area contributed by atoms with E-state index in [4.69, 9.17) is 9.47 Å². The maximum atomic E-state index is 14.0. The number of hydrogen-bond donors (Lipinski definition) is 1. The Bertz CT molecular complexity index is 1190. The summed E-state index contributed by atoms with van der Waals surface area (Å²) in [6.07, 6.45) is -4.03. The molecule has 35 heavy (non-hydrogen) atoms. The number of carbonyl (C=O) groups is 1. The van der Waals surface area contributed by atoms with Crippen LogP contribution in [-0.2, 0) is 30.3 Å². The van der Waals surface area contributed by atoms with Gasteiger partial charge in [0.2, 0.25) is 0 Å². The van der Waals surface area contributed by atoms with E-state index in [1.165, 1.54) is 12.3 Å². The first-order valence-electron chi connectivity index (χ1n) is 11.3. The van der Waals surface area contributed by atoms with Gasteiger partial charge in [-0.2, -0.15) is 13.2 Å². The molecule has 0 bridgehead atoms. The quantitative estimate of drug-likeness (QED) is 0.615. The first-order chi connectivity index (χ1) is 16.5. The van der Waals surface area contributed by atoms with E-state index < -0.39 is 49.7 Å². The molecule has 2 fully saturated rings. The van der Waals surface area contributed by atoms with Crippen LogP contribution in [-0.4, -0.2) is 55.1 Å². The maximum Gasteiger partial charge on any atom is 0.417 e. The first kappa shape index (κ1) is 25.6. The number of ether oxygens (including phenoxy) is 2. The number of rotatable bonds is 6. The Balaban J connectivity index is 1.67. The van der Waals surface area contributed by atoms with Gasteiger partial charge in [0, 0.05) is 25.1 Å². The fourth-order valence-electron chi connectivity index (χ4n) is 4.76. The van der Waals surface area contributed by atoms with E-state index in [2.05, 4.69) is 4.98 Å². The molecule has 2 aromatic rings. The van der Waals surface area contributed by atoms with Crippen molar-refractivity contribution in [2.45, 2.75) is 61.1 Å². The van der Waals surface area contributed by atoms with Crippen molar-refractivity contribution in [2.75, 3.05) is 13.2 Å². The van der Waals surface area contributed by atoms with Gasteiger partial charge >= 0.3 is 12.1 Å². The number of sulfone groups is 1. The second-order valence-corrected chi connectivity index (χ2v) is 11.2. The number of halogens is 3. The molecule has 1 aliphatic heterocycles. The summed E-state index contributed by atoms with van der Waals surface area (Å²) in [6.45, 7) is 2.61. The Morgan fingerprint density at radius 1 is 1.11 bits per heavy atom. The monoisotopic (exact) mass is 513 g/mol. The second-order valence-electron chi connectivity index (χ2n) is 8.96. The molecular weight excluding hydrogens is 487 g/mol. The van der Waals surface area contributed by atoms with Gasteiger partial charge in [-0.3, -0.25) is 9.78 Å². The van der Waals surface area contributed by atoms with E-state index >= 15 is 0 Å². The molecule has 1 saturated heterocycles. The lowest BCUT2D eigenvalue weighted by Gasteiger charge is -2.27. The van der Waals surface area contributed by atoms with E-state index in [-0.39, 0.29) is 24.5 Å². The highest BCUT2D eigenvalue weighted by Gasteiger charge is 2.48. The van der Waals surface area contributed by atoms with Crippen LogP contribution in [0.15, 0.2) is 41.4 Å². The van der Waals surface area contributed by atoms with Crippen molar-refractivity contribution in [3.05, 3.63) is 47.8 Å². The lowest BCUT2D eigenvalue weighted by atomic mass is 10.0. The van der Waals surface area contributed by atoms with Crippen molar-refractivity contribution in [1.82, 2.24) is 4.98 Å². The number of carboxylic acids is 1. The summed E-state index contributed by atoms with van der Waals surface area (Å²) in [4.78, 5) is 15.0. The van der Waals surface area contributed by atoms with Crippen molar-refractivity contribution < 1.29 is 41.0 Å². The molecule has 2 heterocycles. The third-order valence-electron chi connectivity index (χ3n) is 6.57. The van der Waals surface area contributed by atoms with Crippen LogP contribution in [0.4, 0.5) is 13.2 Å². The largest absolute Gasteiger partial charge is 0.481 e. The van der Waals surface area contributed by atoms with Gasteiger partial charge in [0.05, 0.1) is 33.8 Å². The minimum atomic E-state index is -4.93. The van der Waals surface area contributed by atoms with Gasteiger partial charge in [0.1, 0.15) is 0 Å². The van der Waals surface area contributed by atoms with Gasteiger partial charge < -0.3 is 14.6 Å². The van der Waals surface area contributed by atoms with Gasteiger partial charge in [0.15, 0.2) is 9.84 Å². The molecule has 0 amide bonds. The summed E-state index contributed by atoms with van der Waals surface area (Å²) in [5.74, 6) is -2.34. The van der Waals surface area contributed by atoms with Crippen molar-refractivity contribution >= 4 is 15.8 Å². The molecule has 0 spiro atoms. The maximum absolute atomic E-state index is 14.0. The molecule has 1 N–H and O–H groups in total. The highest BCUT2D eigenvalue weighted by molar-refractivity contribution is 7.92. The van der Waals surface area contributed by atoms with Crippen molar-refractivity contribution in [3.63, 3.8) is 0 Å². The zero-order valence-electron chi connectivity index (χ0n) is 19.0. The standard InChI is InChI=1S/C24H26F3NO6S/c1-14-10-16(4-7-28-14)15-2-3-22(20(11-15)24(25,26)27)35(31,32)18-12-19(23(29)30)21(13-18)34-17-5-8-33-9-6-17/h2-4,7,10-11,17-19,21H,5-6,8-9,12-13H2,1H3,(H,29,30)/t18-,19-,21-/m1/s1. The molecule has 0 radical (unpaired) electrons. The number of aromatic nitrogens is 1. The summed E-state index contributed by atoms with van der Waals surface area (Å²) in [6, 6.07) is 6.27. The van der Waals surface area contributed by atoms with Crippen LogP contribution in [0.3, 0.4) is 0 Å². The number of alkyl halides is 3. The van der Waals surface area contributed by atoms with Gasteiger partial charge in [0.25, 0.3) is 0 Å². The number of nitrogens with zero attached hydrogens (tertiary/aromatic N) is 1. The molecule has 190 valence electrons. The lowest BCUT2D eigenvalue weighted by molar-refractivity contribution is -0.149. The third-order valence-corrected chi connectivity index (χ3v) is 8.81. The predicted octanol–water partition coefficient (Wildman–Crippen LogP) is 4.28. The van der Waals surface area contributed by atoms with Gasteiger partial charge in [-0.1, -0.05) is 6.07 Å². The summed E-state index contributed by atoms with van der Waals surface area (Å²) >= 11 is 0. The van der Waals surface area contributed by atoms with Gasteiger partial charge in [-0.05, 0) is 68.0 Å². The molecule has 0 unspecified atom stereocenters. The number of aliphatic carboxylic acids is 1. The number of carboxylic acid groups (broad SMARTS) is 1. The van der Waals surface area contributed by atoms with Crippen LogP contribution in [0.5, 0.6) is 0 Å². The van der Waals surface area contributed by atoms with Gasteiger partial charge in [-0.15, -0.1) is 0 Å². The lowest BCUT2D eigenvalue weighted by Crippen LogP contribution is -2.33. The topological polar surface area (TPSA) is 103 Å². The number of pyridine rings is 1. The Kier molecular flexibility index (Phi) is 7.21. The van der Waals surface area contributed by atoms with Gasteiger partial charge in [-0.25, -0.2) is 8.42 Å². The highest BCUT2D eigenvalue weighted by atomic mass is 32.2. The van der Waals surface area contributed by atoms with Crippen molar-refractivity contribution in [3.8, 4) is 11.1 Å². The average molecular weight is 514 g/mol. The number of aryl methyl sites for hydroxylation is 1. The van der Waals surface area contributed by atoms with Crippen molar-refractivity contribution in [2.24, 2.45) is 5.92 Å². The summed E-state index contributed by atoms with van der Waals surface area (Å²) < 4.78 is 80.1. The molecule has 1 saturated carbocycles.